The minimum absolute atomic E-state index is 0. The van der Waals surface area contributed by atoms with Gasteiger partial charge in [0.25, 0.3) is 0 Å². The summed E-state index contributed by atoms with van der Waals surface area (Å²) in [6.45, 7) is 6.74. The molecular formula is C18H29F3IN3O3S. The first-order chi connectivity index (χ1) is 12.8. The predicted molar refractivity (Wildman–Crippen MR) is 119 cm³/mol. The summed E-state index contributed by atoms with van der Waals surface area (Å²) in [5.74, 6) is 0.220. The monoisotopic (exact) mass is 551 g/mol. The number of para-hydroxylation sites is 1. The zero-order chi connectivity index (χ0) is 21.4. The molecule has 11 heteroatoms. The van der Waals surface area contributed by atoms with Gasteiger partial charge >= 0.3 is 6.36 Å². The molecule has 0 bridgehead atoms. The van der Waals surface area contributed by atoms with E-state index in [1.807, 2.05) is 20.8 Å². The second-order valence-electron chi connectivity index (χ2n) is 7.25. The Balaban J connectivity index is 0.00000784. The molecule has 6 nitrogen and oxygen atoms in total. The highest BCUT2D eigenvalue weighted by Gasteiger charge is 2.32. The lowest BCUT2D eigenvalue weighted by Gasteiger charge is -2.25. The molecule has 0 saturated heterocycles. The van der Waals surface area contributed by atoms with E-state index < -0.39 is 16.2 Å². The normalized spacial score (nSPS) is 12.9. The highest BCUT2D eigenvalue weighted by molar-refractivity contribution is 14.0. The van der Waals surface area contributed by atoms with Crippen molar-refractivity contribution in [3.63, 3.8) is 0 Å². The maximum absolute atomic E-state index is 12.5. The quantitative estimate of drug-likeness (QED) is 0.278. The Morgan fingerprint density at radius 2 is 1.79 bits per heavy atom. The van der Waals surface area contributed by atoms with Crippen LogP contribution in [0.15, 0.2) is 29.3 Å². The van der Waals surface area contributed by atoms with Crippen molar-refractivity contribution in [2.75, 3.05) is 25.1 Å². The molecule has 168 valence electrons. The summed E-state index contributed by atoms with van der Waals surface area (Å²) < 4.78 is 64.3. The fourth-order valence-electron chi connectivity index (χ4n) is 2.24. The van der Waals surface area contributed by atoms with Gasteiger partial charge in [-0.15, -0.1) is 37.1 Å². The number of guanidine groups is 1. The van der Waals surface area contributed by atoms with E-state index in [0.717, 1.165) is 0 Å². The van der Waals surface area contributed by atoms with Gasteiger partial charge in [0.2, 0.25) is 0 Å². The van der Waals surface area contributed by atoms with Crippen LogP contribution >= 0.6 is 24.0 Å². The molecule has 0 fully saturated rings. The molecule has 29 heavy (non-hydrogen) atoms. The predicted octanol–water partition coefficient (Wildman–Crippen LogP) is 3.72. The molecule has 0 aliphatic carbocycles. The zero-order valence-corrected chi connectivity index (χ0v) is 20.1. The van der Waals surface area contributed by atoms with Crippen LogP contribution in [0.5, 0.6) is 5.75 Å². The van der Waals surface area contributed by atoms with Gasteiger partial charge in [-0.2, -0.15) is 0 Å². The number of alkyl halides is 3. The molecule has 2 N–H and O–H groups in total. The molecule has 0 atom stereocenters. The Morgan fingerprint density at radius 1 is 1.17 bits per heavy atom. The number of halogens is 4. The van der Waals surface area contributed by atoms with Crippen LogP contribution in [0.25, 0.3) is 0 Å². The topological polar surface area (TPSA) is 79.8 Å². The van der Waals surface area contributed by atoms with Crippen LogP contribution < -0.4 is 15.4 Å². The maximum Gasteiger partial charge on any atom is 0.573 e. The van der Waals surface area contributed by atoms with Crippen molar-refractivity contribution >= 4 is 39.8 Å². The van der Waals surface area contributed by atoms with Gasteiger partial charge in [-0.05, 0) is 24.8 Å². The molecule has 0 radical (unpaired) electrons. The van der Waals surface area contributed by atoms with Gasteiger partial charge in [0.1, 0.15) is 15.6 Å². The van der Waals surface area contributed by atoms with E-state index in [0.29, 0.717) is 31.0 Å². The number of nitrogens with one attached hydrogen (secondary N) is 2. The van der Waals surface area contributed by atoms with Crippen LogP contribution in [-0.4, -0.2) is 45.8 Å². The highest BCUT2D eigenvalue weighted by atomic mass is 127. The van der Waals surface area contributed by atoms with Crippen LogP contribution in [-0.2, 0) is 16.4 Å². The molecule has 0 spiro atoms. The second-order valence-corrected chi connectivity index (χ2v) is 9.51. The summed E-state index contributed by atoms with van der Waals surface area (Å²) in [7, 11) is -3.05. The standard InChI is InChI=1S/C18H28F3N3O3S.HI/c1-5-22-16(24-13-17(2,3)10-11-28(4,25)26)23-12-14-8-6-7-9-15(14)27-18(19,20)21;/h6-9H,5,10-13H2,1-4H3,(H2,22,23,24);1H. The van der Waals surface area contributed by atoms with Crippen LogP contribution in [0.4, 0.5) is 13.2 Å². The van der Waals surface area contributed by atoms with Crippen molar-refractivity contribution in [2.45, 2.75) is 40.1 Å². The van der Waals surface area contributed by atoms with Gasteiger partial charge in [-0.3, -0.25) is 0 Å². The molecule has 0 heterocycles. The first-order valence-corrected chi connectivity index (χ1v) is 10.9. The third-order valence-electron chi connectivity index (χ3n) is 3.83. The van der Waals surface area contributed by atoms with Crippen molar-refractivity contribution in [3.8, 4) is 5.75 Å². The number of benzene rings is 1. The van der Waals surface area contributed by atoms with Gasteiger partial charge in [0.05, 0.1) is 12.3 Å². The Bertz CT molecular complexity index is 769. The highest BCUT2D eigenvalue weighted by Crippen LogP contribution is 2.26. The summed E-state index contributed by atoms with van der Waals surface area (Å²) in [5, 5.41) is 6.14. The average molecular weight is 551 g/mol. The van der Waals surface area contributed by atoms with Crippen molar-refractivity contribution in [2.24, 2.45) is 10.4 Å². The molecule has 0 aliphatic rings. The number of ether oxygens (including phenoxy) is 1. The lowest BCUT2D eigenvalue weighted by molar-refractivity contribution is -0.274. The van der Waals surface area contributed by atoms with Gasteiger partial charge in [0.15, 0.2) is 5.96 Å². The van der Waals surface area contributed by atoms with E-state index >= 15 is 0 Å². The van der Waals surface area contributed by atoms with Crippen molar-refractivity contribution in [3.05, 3.63) is 29.8 Å². The molecular weight excluding hydrogens is 522 g/mol. The van der Waals surface area contributed by atoms with E-state index in [4.69, 9.17) is 0 Å². The molecule has 0 amide bonds. The van der Waals surface area contributed by atoms with Crippen LogP contribution in [0.1, 0.15) is 32.8 Å². The van der Waals surface area contributed by atoms with Crippen molar-refractivity contribution < 1.29 is 26.3 Å². The van der Waals surface area contributed by atoms with E-state index in [9.17, 15) is 21.6 Å². The van der Waals surface area contributed by atoms with E-state index in [1.165, 1.54) is 24.5 Å². The third-order valence-corrected chi connectivity index (χ3v) is 4.78. The van der Waals surface area contributed by atoms with E-state index in [1.54, 1.807) is 6.07 Å². The average Bonchev–Trinajstić information content (AvgIpc) is 2.55. The molecule has 0 unspecified atom stereocenters. The molecule has 1 rings (SSSR count). The third kappa shape index (κ3) is 12.8. The zero-order valence-electron chi connectivity index (χ0n) is 17.0. The summed E-state index contributed by atoms with van der Waals surface area (Å²) in [4.78, 5) is 4.32. The Hall–Kier alpha value is -1.24. The summed E-state index contributed by atoms with van der Waals surface area (Å²) in [5.41, 5.74) is -0.00954. The molecule has 0 saturated carbocycles. The number of nitrogens with zero attached hydrogens (tertiary/aromatic N) is 1. The van der Waals surface area contributed by atoms with Crippen LogP contribution in [0.3, 0.4) is 0 Å². The summed E-state index contributed by atoms with van der Waals surface area (Å²) >= 11 is 0. The maximum atomic E-state index is 12.5. The number of aliphatic imine (C=N–C) groups is 1. The van der Waals surface area contributed by atoms with E-state index in [2.05, 4.69) is 20.4 Å². The molecule has 0 aliphatic heterocycles. The molecule has 0 aromatic heterocycles. The number of hydrogen-bond donors (Lipinski definition) is 2. The number of hydrogen-bond acceptors (Lipinski definition) is 4. The Morgan fingerprint density at radius 3 is 2.34 bits per heavy atom. The smallest absolute Gasteiger partial charge is 0.405 e. The van der Waals surface area contributed by atoms with Gasteiger partial charge in [0, 0.05) is 24.9 Å². The minimum Gasteiger partial charge on any atom is -0.405 e. The minimum atomic E-state index is -4.77. The van der Waals surface area contributed by atoms with Crippen molar-refractivity contribution in [1.82, 2.24) is 10.6 Å². The fraction of sp³-hybridized carbons (Fsp3) is 0.611. The van der Waals surface area contributed by atoms with Crippen molar-refractivity contribution in [1.29, 1.82) is 0 Å². The van der Waals surface area contributed by atoms with Gasteiger partial charge < -0.3 is 15.4 Å². The van der Waals surface area contributed by atoms with Gasteiger partial charge in [-0.25, -0.2) is 13.4 Å². The Labute approximate surface area is 187 Å². The van der Waals surface area contributed by atoms with Crippen LogP contribution in [0.2, 0.25) is 0 Å². The SMILES string of the molecule is CCNC(=NCc1ccccc1OC(F)(F)F)NCC(C)(C)CCS(C)(=O)=O.I. The lowest BCUT2D eigenvalue weighted by atomic mass is 9.90. The largest absolute Gasteiger partial charge is 0.573 e. The first-order valence-electron chi connectivity index (χ1n) is 8.85. The summed E-state index contributed by atoms with van der Waals surface area (Å²) in [6, 6.07) is 5.84. The number of sulfone groups is 1. The lowest BCUT2D eigenvalue weighted by Crippen LogP contribution is -2.42. The van der Waals surface area contributed by atoms with Gasteiger partial charge in [-0.1, -0.05) is 32.0 Å². The molecule has 1 aromatic rings. The first kappa shape index (κ1) is 27.8. The fourth-order valence-corrected chi connectivity index (χ4v) is 3.16. The van der Waals surface area contributed by atoms with Crippen LogP contribution in [0, 0.1) is 5.41 Å². The number of rotatable bonds is 9. The Kier molecular flexibility index (Phi) is 11.3. The second kappa shape index (κ2) is 11.8. The summed E-state index contributed by atoms with van der Waals surface area (Å²) in [6.07, 6.45) is -3.10. The van der Waals surface area contributed by atoms with E-state index in [-0.39, 0.29) is 47.4 Å². The molecule has 1 aromatic carbocycles.